The van der Waals surface area contributed by atoms with Gasteiger partial charge in [0.25, 0.3) is 0 Å². The molecule has 1 saturated carbocycles. The van der Waals surface area contributed by atoms with Crippen LogP contribution in [0.4, 0.5) is 0 Å². The second-order valence-electron chi connectivity index (χ2n) is 8.62. The molecule has 1 aliphatic rings. The zero-order valence-corrected chi connectivity index (χ0v) is 18.4. The molecule has 2 atom stereocenters. The maximum Gasteiger partial charge on any atom is 0.306 e. The molecule has 0 aromatic heterocycles. The molecule has 2 unspecified atom stereocenters. The van der Waals surface area contributed by atoms with Crippen molar-refractivity contribution in [3.63, 3.8) is 0 Å². The van der Waals surface area contributed by atoms with Crippen LogP contribution in [0.15, 0.2) is 12.2 Å². The molecule has 2 heteroatoms. The summed E-state index contributed by atoms with van der Waals surface area (Å²) in [5.74, 6) is 0.586. The van der Waals surface area contributed by atoms with Crippen molar-refractivity contribution in [2.24, 2.45) is 5.92 Å². The predicted octanol–water partition coefficient (Wildman–Crippen LogP) is 8.15. The van der Waals surface area contributed by atoms with Crippen molar-refractivity contribution in [1.82, 2.24) is 0 Å². The fourth-order valence-corrected chi connectivity index (χ4v) is 4.03. The van der Waals surface area contributed by atoms with Gasteiger partial charge in [0.1, 0.15) is 6.10 Å². The summed E-state index contributed by atoms with van der Waals surface area (Å²) >= 11 is 0. The van der Waals surface area contributed by atoms with Gasteiger partial charge < -0.3 is 4.74 Å². The number of hydrogen-bond donors (Lipinski definition) is 0. The molecule has 0 amide bonds. The average Bonchev–Trinajstić information content (AvgIpc) is 2.66. The monoisotopic (exact) mass is 378 g/mol. The van der Waals surface area contributed by atoms with Gasteiger partial charge in [0.2, 0.25) is 0 Å². The normalized spacial score (nSPS) is 20.2. The highest BCUT2D eigenvalue weighted by Gasteiger charge is 2.24. The van der Waals surface area contributed by atoms with Crippen molar-refractivity contribution in [3.8, 4) is 0 Å². The van der Waals surface area contributed by atoms with Gasteiger partial charge >= 0.3 is 5.97 Å². The Morgan fingerprint density at radius 1 is 0.815 bits per heavy atom. The topological polar surface area (TPSA) is 26.3 Å². The molecule has 0 saturated heterocycles. The van der Waals surface area contributed by atoms with E-state index in [1.54, 1.807) is 0 Å². The quantitative estimate of drug-likeness (QED) is 0.154. The highest BCUT2D eigenvalue weighted by Crippen LogP contribution is 2.26. The number of esters is 1. The van der Waals surface area contributed by atoms with E-state index in [9.17, 15) is 4.79 Å². The molecule has 0 bridgehead atoms. The third-order valence-electron chi connectivity index (χ3n) is 5.96. The van der Waals surface area contributed by atoms with Crippen molar-refractivity contribution in [2.45, 2.75) is 136 Å². The molecule has 1 rings (SSSR count). The van der Waals surface area contributed by atoms with E-state index in [0.29, 0.717) is 12.3 Å². The zero-order chi connectivity index (χ0) is 19.6. The van der Waals surface area contributed by atoms with E-state index in [-0.39, 0.29) is 12.1 Å². The first kappa shape index (κ1) is 24.2. The van der Waals surface area contributed by atoms with Gasteiger partial charge in [0.15, 0.2) is 0 Å². The molecule has 0 radical (unpaired) electrons. The number of unbranched alkanes of at least 4 members (excludes halogenated alkanes) is 11. The van der Waals surface area contributed by atoms with Gasteiger partial charge in [-0.15, -0.1) is 0 Å². The van der Waals surface area contributed by atoms with E-state index in [1.807, 2.05) is 0 Å². The highest BCUT2D eigenvalue weighted by atomic mass is 16.5. The van der Waals surface area contributed by atoms with E-state index in [4.69, 9.17) is 4.74 Å². The molecule has 1 aliphatic carbocycles. The Labute approximate surface area is 169 Å². The molecule has 158 valence electrons. The minimum absolute atomic E-state index is 0.0337. The Hall–Kier alpha value is -0.790. The maximum atomic E-state index is 12.0. The molecular weight excluding hydrogens is 332 g/mol. The average molecular weight is 379 g/mol. The lowest BCUT2D eigenvalue weighted by Crippen LogP contribution is -2.28. The molecule has 0 aromatic carbocycles. The van der Waals surface area contributed by atoms with E-state index in [2.05, 4.69) is 26.0 Å². The second-order valence-corrected chi connectivity index (χ2v) is 8.62. The lowest BCUT2D eigenvalue weighted by atomic mass is 9.88. The van der Waals surface area contributed by atoms with E-state index in [0.717, 1.165) is 19.3 Å². The second kappa shape index (κ2) is 17.3. The van der Waals surface area contributed by atoms with Gasteiger partial charge in [-0.2, -0.15) is 0 Å². The molecule has 0 aliphatic heterocycles. The van der Waals surface area contributed by atoms with Gasteiger partial charge in [-0.25, -0.2) is 0 Å². The fourth-order valence-electron chi connectivity index (χ4n) is 4.03. The summed E-state index contributed by atoms with van der Waals surface area (Å²) < 4.78 is 5.67. The van der Waals surface area contributed by atoms with Crippen LogP contribution in [0.2, 0.25) is 0 Å². The Morgan fingerprint density at radius 2 is 1.37 bits per heavy atom. The number of rotatable bonds is 16. The van der Waals surface area contributed by atoms with Crippen molar-refractivity contribution in [1.29, 1.82) is 0 Å². The zero-order valence-electron chi connectivity index (χ0n) is 18.4. The van der Waals surface area contributed by atoms with E-state index < -0.39 is 0 Å². The lowest BCUT2D eigenvalue weighted by Gasteiger charge is -2.28. The first-order valence-electron chi connectivity index (χ1n) is 12.1. The van der Waals surface area contributed by atoms with Crippen LogP contribution < -0.4 is 0 Å². The van der Waals surface area contributed by atoms with Crippen LogP contribution in [0.25, 0.3) is 0 Å². The molecule has 27 heavy (non-hydrogen) atoms. The SMILES string of the molecule is CCCCCCCCC=CCCCCCCCC(=O)OC1CCCCC1C. The molecule has 0 N–H and O–H groups in total. The summed E-state index contributed by atoms with van der Waals surface area (Å²) in [7, 11) is 0. The fraction of sp³-hybridized carbons (Fsp3) is 0.880. The number of ether oxygens (including phenoxy) is 1. The summed E-state index contributed by atoms with van der Waals surface area (Å²) in [5.41, 5.74) is 0. The molecule has 0 aromatic rings. The van der Waals surface area contributed by atoms with Crippen LogP contribution in [-0.2, 0) is 9.53 Å². The van der Waals surface area contributed by atoms with E-state index in [1.165, 1.54) is 89.9 Å². The van der Waals surface area contributed by atoms with Gasteiger partial charge in [0.05, 0.1) is 0 Å². The third kappa shape index (κ3) is 13.9. The van der Waals surface area contributed by atoms with Crippen LogP contribution in [-0.4, -0.2) is 12.1 Å². The molecule has 2 nitrogen and oxygen atoms in total. The minimum Gasteiger partial charge on any atom is -0.462 e. The first-order chi connectivity index (χ1) is 13.2. The van der Waals surface area contributed by atoms with Crippen LogP contribution in [0.5, 0.6) is 0 Å². The minimum atomic E-state index is 0.0337. The number of carbonyl (C=O) groups is 1. The highest BCUT2D eigenvalue weighted by molar-refractivity contribution is 5.69. The largest absolute Gasteiger partial charge is 0.462 e. The predicted molar refractivity (Wildman–Crippen MR) is 117 cm³/mol. The molecule has 0 spiro atoms. The lowest BCUT2D eigenvalue weighted by molar-refractivity contribution is -0.153. The van der Waals surface area contributed by atoms with Crippen LogP contribution in [0.3, 0.4) is 0 Å². The van der Waals surface area contributed by atoms with Crippen LogP contribution >= 0.6 is 0 Å². The summed E-state index contributed by atoms with van der Waals surface area (Å²) in [6, 6.07) is 0. The maximum absolute atomic E-state index is 12.0. The van der Waals surface area contributed by atoms with Crippen molar-refractivity contribution >= 4 is 5.97 Å². The number of carbonyl (C=O) groups excluding carboxylic acids is 1. The summed E-state index contributed by atoms with van der Waals surface area (Å²) in [6.45, 7) is 4.49. The third-order valence-corrected chi connectivity index (χ3v) is 5.96. The summed E-state index contributed by atoms with van der Waals surface area (Å²) in [6.07, 6.45) is 27.1. The number of hydrogen-bond acceptors (Lipinski definition) is 2. The Balaban J connectivity index is 1.83. The first-order valence-corrected chi connectivity index (χ1v) is 12.1. The summed E-state index contributed by atoms with van der Waals surface area (Å²) in [4.78, 5) is 12.0. The smallest absolute Gasteiger partial charge is 0.306 e. The molecule has 1 fully saturated rings. The Morgan fingerprint density at radius 3 is 2.00 bits per heavy atom. The van der Waals surface area contributed by atoms with Crippen LogP contribution in [0.1, 0.15) is 129 Å². The van der Waals surface area contributed by atoms with Crippen molar-refractivity contribution in [2.75, 3.05) is 0 Å². The van der Waals surface area contributed by atoms with Crippen LogP contribution in [0, 0.1) is 5.92 Å². The van der Waals surface area contributed by atoms with E-state index >= 15 is 0 Å². The van der Waals surface area contributed by atoms with Gasteiger partial charge in [-0.3, -0.25) is 4.79 Å². The number of allylic oxidation sites excluding steroid dienone is 2. The standard InChI is InChI=1S/C25H46O2/c1-3-4-5-6-7-8-9-10-11-12-13-14-15-16-17-22-25(26)27-24-21-19-18-20-23(24)2/h10-11,23-24H,3-9,12-22H2,1-2H3. The molecular formula is C25H46O2. The van der Waals surface area contributed by atoms with Gasteiger partial charge in [-0.05, 0) is 57.3 Å². The van der Waals surface area contributed by atoms with Crippen molar-refractivity contribution < 1.29 is 9.53 Å². The Bertz CT molecular complexity index is 375. The summed E-state index contributed by atoms with van der Waals surface area (Å²) in [5, 5.41) is 0. The Kier molecular flexibility index (Phi) is 15.6. The van der Waals surface area contributed by atoms with Crippen molar-refractivity contribution in [3.05, 3.63) is 12.2 Å². The van der Waals surface area contributed by atoms with Gasteiger partial charge in [-0.1, -0.05) is 83.8 Å². The van der Waals surface area contributed by atoms with Gasteiger partial charge in [0, 0.05) is 6.42 Å². The molecule has 0 heterocycles.